The number of nitrogens with one attached hydrogen (secondary N) is 1. The molecule has 1 aliphatic rings. The highest BCUT2D eigenvalue weighted by atomic mass is 32.2. The van der Waals surface area contributed by atoms with E-state index in [1.807, 2.05) is 6.92 Å². The third-order valence-electron chi connectivity index (χ3n) is 4.18. The van der Waals surface area contributed by atoms with Crippen molar-refractivity contribution >= 4 is 45.6 Å². The first-order valence-electron chi connectivity index (χ1n) is 7.99. The van der Waals surface area contributed by atoms with Gasteiger partial charge in [0.2, 0.25) is 0 Å². The van der Waals surface area contributed by atoms with Crippen LogP contribution in [0.3, 0.4) is 0 Å². The van der Waals surface area contributed by atoms with Crippen molar-refractivity contribution < 1.29 is 14.0 Å². The van der Waals surface area contributed by atoms with Crippen LogP contribution in [0.15, 0.2) is 35.3 Å². The van der Waals surface area contributed by atoms with Crippen molar-refractivity contribution in [2.45, 2.75) is 25.8 Å². The Morgan fingerprint density at radius 1 is 1.27 bits per heavy atom. The van der Waals surface area contributed by atoms with Crippen LogP contribution >= 0.6 is 23.1 Å². The number of carbonyl (C=O) groups excluding carboxylic acids is 2. The molecular formula is C18H18FN3O2S2. The minimum absolute atomic E-state index is 0.0864. The zero-order chi connectivity index (χ0) is 18.9. The van der Waals surface area contributed by atoms with Crippen LogP contribution < -0.4 is 11.1 Å². The Labute approximate surface area is 158 Å². The van der Waals surface area contributed by atoms with Gasteiger partial charge in [0.15, 0.2) is 11.0 Å². The number of hydrogen-bond acceptors (Lipinski definition) is 6. The summed E-state index contributed by atoms with van der Waals surface area (Å²) in [7, 11) is 0. The van der Waals surface area contributed by atoms with Crippen molar-refractivity contribution in [1.29, 1.82) is 0 Å². The van der Waals surface area contributed by atoms with Crippen LogP contribution in [0.1, 0.15) is 45.2 Å². The maximum atomic E-state index is 14.4. The number of ketones is 1. The third kappa shape index (κ3) is 3.81. The zero-order valence-corrected chi connectivity index (χ0v) is 16.0. The van der Waals surface area contributed by atoms with Gasteiger partial charge in [-0.05, 0) is 50.6 Å². The number of hydrogen-bond donors (Lipinski definition) is 2. The Bertz CT molecular complexity index is 910. The van der Waals surface area contributed by atoms with Crippen LogP contribution in [0.25, 0.3) is 0 Å². The molecule has 0 fully saturated rings. The standard InChI is InChI=1S/C18H18FN3O2S2/c1-10(23)14-5-6-15(26-14)16(24)21-11-3-4-13(19)12(9-11)18(2)7-8-25-17(20)22-18/h3-6,9H,7-8H2,1-2H3,(H2,20,22)(H,21,24)/t18-/m0/s1. The number of benzene rings is 1. The summed E-state index contributed by atoms with van der Waals surface area (Å²) in [6.07, 6.45) is 0.652. The molecule has 0 spiro atoms. The number of anilines is 1. The summed E-state index contributed by atoms with van der Waals surface area (Å²) < 4.78 is 14.4. The van der Waals surface area contributed by atoms with Crippen molar-refractivity contribution in [1.82, 2.24) is 0 Å². The number of amidine groups is 1. The molecule has 3 N–H and O–H groups in total. The molecule has 2 aromatic rings. The van der Waals surface area contributed by atoms with Crippen LogP contribution in [0.2, 0.25) is 0 Å². The fraction of sp³-hybridized carbons (Fsp3) is 0.278. The van der Waals surface area contributed by atoms with Gasteiger partial charge in [-0.1, -0.05) is 11.8 Å². The molecule has 8 heteroatoms. The number of nitrogens with two attached hydrogens (primary N) is 1. The predicted octanol–water partition coefficient (Wildman–Crippen LogP) is 4.01. The Balaban J connectivity index is 1.86. The Kier molecular flexibility index (Phi) is 5.15. The number of rotatable bonds is 4. The van der Waals surface area contributed by atoms with E-state index < -0.39 is 5.54 Å². The lowest BCUT2D eigenvalue weighted by atomic mass is 9.89. The first kappa shape index (κ1) is 18.6. The maximum Gasteiger partial charge on any atom is 0.265 e. The molecule has 0 aliphatic carbocycles. The highest BCUT2D eigenvalue weighted by molar-refractivity contribution is 8.13. The SMILES string of the molecule is CC(=O)c1ccc(C(=O)Nc2ccc(F)c([C@]3(C)CCSC(N)=N3)c2)s1. The second-order valence-electron chi connectivity index (χ2n) is 6.19. The predicted molar refractivity (Wildman–Crippen MR) is 105 cm³/mol. The van der Waals surface area contributed by atoms with Crippen molar-refractivity contribution in [3.8, 4) is 0 Å². The van der Waals surface area contributed by atoms with Crippen LogP contribution in [0, 0.1) is 5.82 Å². The molecule has 0 bridgehead atoms. The molecule has 0 radical (unpaired) electrons. The number of aliphatic imine (C=N–C) groups is 1. The van der Waals surface area contributed by atoms with E-state index in [4.69, 9.17) is 5.73 Å². The van der Waals surface area contributed by atoms with E-state index >= 15 is 0 Å². The maximum absolute atomic E-state index is 14.4. The number of carbonyl (C=O) groups is 2. The molecule has 0 saturated carbocycles. The lowest BCUT2D eigenvalue weighted by Gasteiger charge is -2.30. The molecule has 26 heavy (non-hydrogen) atoms. The van der Waals surface area contributed by atoms with Crippen molar-refractivity contribution in [3.05, 3.63) is 51.5 Å². The van der Waals surface area contributed by atoms with Gasteiger partial charge in [0.05, 0.1) is 15.3 Å². The minimum atomic E-state index is -0.759. The van der Waals surface area contributed by atoms with Gasteiger partial charge in [0.25, 0.3) is 5.91 Å². The van der Waals surface area contributed by atoms with E-state index in [9.17, 15) is 14.0 Å². The lowest BCUT2D eigenvalue weighted by Crippen LogP contribution is -2.29. The van der Waals surface area contributed by atoms with E-state index in [1.165, 1.54) is 30.8 Å². The highest BCUT2D eigenvalue weighted by Crippen LogP contribution is 2.37. The summed E-state index contributed by atoms with van der Waals surface area (Å²) in [6, 6.07) is 7.64. The molecule has 2 heterocycles. The van der Waals surface area contributed by atoms with Gasteiger partial charge < -0.3 is 11.1 Å². The number of thiophene rings is 1. The van der Waals surface area contributed by atoms with Gasteiger partial charge in [-0.25, -0.2) is 4.39 Å². The van der Waals surface area contributed by atoms with Crippen molar-refractivity contribution in [2.75, 3.05) is 11.1 Å². The molecule has 0 unspecified atom stereocenters. The average Bonchev–Trinajstić information content (AvgIpc) is 3.07. The summed E-state index contributed by atoms with van der Waals surface area (Å²) in [5.41, 5.74) is 5.92. The third-order valence-corrected chi connectivity index (χ3v) is 6.16. The quantitative estimate of drug-likeness (QED) is 0.771. The molecule has 0 saturated heterocycles. The van der Waals surface area contributed by atoms with Crippen LogP contribution in [-0.2, 0) is 5.54 Å². The molecule has 5 nitrogen and oxygen atoms in total. The lowest BCUT2D eigenvalue weighted by molar-refractivity contribution is 0.101. The van der Waals surface area contributed by atoms with Gasteiger partial charge >= 0.3 is 0 Å². The first-order valence-corrected chi connectivity index (χ1v) is 9.79. The Morgan fingerprint density at radius 2 is 2.00 bits per heavy atom. The molecule has 1 atom stereocenters. The van der Waals surface area contributed by atoms with E-state index in [1.54, 1.807) is 18.2 Å². The smallest absolute Gasteiger partial charge is 0.265 e. The van der Waals surface area contributed by atoms with E-state index in [2.05, 4.69) is 10.3 Å². The summed E-state index contributed by atoms with van der Waals surface area (Å²) in [5.74, 6) is -0.0572. The number of amides is 1. The van der Waals surface area contributed by atoms with Gasteiger partial charge in [-0.2, -0.15) is 0 Å². The normalized spacial score (nSPS) is 19.7. The number of thioether (sulfide) groups is 1. The van der Waals surface area contributed by atoms with Gasteiger partial charge in [-0.15, -0.1) is 11.3 Å². The van der Waals surface area contributed by atoms with E-state index in [0.29, 0.717) is 32.6 Å². The van der Waals surface area contributed by atoms with Crippen molar-refractivity contribution in [2.24, 2.45) is 10.7 Å². The molecule has 136 valence electrons. The van der Waals surface area contributed by atoms with E-state index in [0.717, 1.165) is 17.1 Å². The first-order chi connectivity index (χ1) is 12.3. The topological polar surface area (TPSA) is 84.5 Å². The van der Waals surface area contributed by atoms with Crippen LogP contribution in [0.5, 0.6) is 0 Å². The average molecular weight is 391 g/mol. The largest absolute Gasteiger partial charge is 0.379 e. The van der Waals surface area contributed by atoms with Crippen LogP contribution in [0.4, 0.5) is 10.1 Å². The molecule has 1 amide bonds. The minimum Gasteiger partial charge on any atom is -0.379 e. The second-order valence-corrected chi connectivity index (χ2v) is 8.39. The number of halogens is 1. The summed E-state index contributed by atoms with van der Waals surface area (Å²) in [5, 5.41) is 3.19. The van der Waals surface area contributed by atoms with Gasteiger partial charge in [0.1, 0.15) is 5.82 Å². The summed E-state index contributed by atoms with van der Waals surface area (Å²) in [6.45, 7) is 3.29. The monoisotopic (exact) mass is 391 g/mol. The summed E-state index contributed by atoms with van der Waals surface area (Å²) in [4.78, 5) is 29.1. The molecular weight excluding hydrogens is 373 g/mol. The number of nitrogens with zero attached hydrogens (tertiary/aromatic N) is 1. The fourth-order valence-electron chi connectivity index (χ4n) is 2.74. The number of Topliss-reactive ketones (excluding diaryl/α,β-unsaturated/α-hetero) is 1. The molecule has 1 aliphatic heterocycles. The zero-order valence-electron chi connectivity index (χ0n) is 14.3. The van der Waals surface area contributed by atoms with Gasteiger partial charge in [-0.3, -0.25) is 14.6 Å². The highest BCUT2D eigenvalue weighted by Gasteiger charge is 2.32. The second kappa shape index (κ2) is 7.20. The van der Waals surface area contributed by atoms with Crippen molar-refractivity contribution in [3.63, 3.8) is 0 Å². The molecule has 1 aromatic heterocycles. The fourth-order valence-corrected chi connectivity index (χ4v) is 4.51. The molecule has 3 rings (SSSR count). The Morgan fingerprint density at radius 3 is 2.65 bits per heavy atom. The van der Waals surface area contributed by atoms with Crippen LogP contribution in [-0.4, -0.2) is 22.6 Å². The Hall–Kier alpha value is -2.19. The van der Waals surface area contributed by atoms with Gasteiger partial charge in [0, 0.05) is 17.0 Å². The molecule has 1 aromatic carbocycles. The van der Waals surface area contributed by atoms with E-state index in [-0.39, 0.29) is 17.5 Å². The summed E-state index contributed by atoms with van der Waals surface area (Å²) >= 11 is 2.57.